The second-order valence-corrected chi connectivity index (χ2v) is 8.18. The van der Waals surface area contributed by atoms with Gasteiger partial charge in [-0.05, 0) is 55.7 Å². The maximum Gasteiger partial charge on any atom is 0.341 e. The van der Waals surface area contributed by atoms with Gasteiger partial charge in [-0.25, -0.2) is 4.79 Å². The first-order valence-corrected chi connectivity index (χ1v) is 11.3. The van der Waals surface area contributed by atoms with Crippen LogP contribution in [0.25, 0.3) is 0 Å². The number of carbonyl (C=O) groups excluding carboxylic acids is 3. The average molecular weight is 467 g/mol. The molecular formula is C25H26N2O5S. The van der Waals surface area contributed by atoms with E-state index in [1.165, 1.54) is 0 Å². The normalized spacial score (nSPS) is 10.4. The first-order chi connectivity index (χ1) is 15.9. The molecule has 1 heterocycles. The number of ether oxygens (including phenoxy) is 2. The third-order valence-electron chi connectivity index (χ3n) is 4.95. The van der Waals surface area contributed by atoms with E-state index in [0.717, 1.165) is 16.9 Å². The van der Waals surface area contributed by atoms with E-state index >= 15 is 0 Å². The summed E-state index contributed by atoms with van der Waals surface area (Å²) < 4.78 is 10.3. The lowest BCUT2D eigenvalue weighted by Crippen LogP contribution is -2.25. The molecule has 0 aliphatic heterocycles. The van der Waals surface area contributed by atoms with Crippen molar-refractivity contribution in [1.82, 2.24) is 5.32 Å². The number of hydrogen-bond acceptors (Lipinski definition) is 6. The van der Waals surface area contributed by atoms with E-state index in [0.29, 0.717) is 34.7 Å². The molecule has 33 heavy (non-hydrogen) atoms. The fourth-order valence-electron chi connectivity index (χ4n) is 3.23. The van der Waals surface area contributed by atoms with E-state index in [-0.39, 0.29) is 23.1 Å². The van der Waals surface area contributed by atoms with Gasteiger partial charge in [0.15, 0.2) is 0 Å². The Morgan fingerprint density at radius 3 is 2.30 bits per heavy atom. The molecule has 172 valence electrons. The summed E-state index contributed by atoms with van der Waals surface area (Å²) in [5.41, 5.74) is 2.17. The highest BCUT2D eigenvalue weighted by Gasteiger charge is 2.26. The fraction of sp³-hybridized carbons (Fsp3) is 0.240. The lowest BCUT2D eigenvalue weighted by atomic mass is 10.1. The van der Waals surface area contributed by atoms with Gasteiger partial charge < -0.3 is 20.1 Å². The zero-order chi connectivity index (χ0) is 23.8. The Hall–Kier alpha value is -3.65. The molecular weight excluding hydrogens is 440 g/mol. The predicted octanol–water partition coefficient (Wildman–Crippen LogP) is 4.47. The summed E-state index contributed by atoms with van der Waals surface area (Å²) in [5, 5.41) is 5.93. The number of carbonyl (C=O) groups is 3. The summed E-state index contributed by atoms with van der Waals surface area (Å²) in [6, 6.07) is 16.4. The molecule has 0 unspecified atom stereocenters. The second-order valence-electron chi connectivity index (χ2n) is 7.15. The number of hydrogen-bond donors (Lipinski definition) is 2. The van der Waals surface area contributed by atoms with E-state index in [1.54, 1.807) is 45.2 Å². The lowest BCUT2D eigenvalue weighted by Gasteiger charge is -2.07. The van der Waals surface area contributed by atoms with Crippen LogP contribution in [0.4, 0.5) is 5.00 Å². The fourth-order valence-corrected chi connectivity index (χ4v) is 4.34. The van der Waals surface area contributed by atoms with Crippen molar-refractivity contribution in [1.29, 1.82) is 0 Å². The Balaban J connectivity index is 1.79. The number of methoxy groups -OCH3 is 1. The molecule has 2 amide bonds. The topological polar surface area (TPSA) is 93.7 Å². The van der Waals surface area contributed by atoms with Gasteiger partial charge in [0.25, 0.3) is 11.8 Å². The van der Waals surface area contributed by atoms with Crippen LogP contribution in [0.1, 0.15) is 48.4 Å². The maximum atomic E-state index is 12.8. The van der Waals surface area contributed by atoms with Gasteiger partial charge in [-0.1, -0.05) is 30.3 Å². The molecule has 0 atom stereocenters. The van der Waals surface area contributed by atoms with Crippen molar-refractivity contribution in [3.63, 3.8) is 0 Å². The molecule has 0 fully saturated rings. The van der Waals surface area contributed by atoms with Crippen LogP contribution in [0.5, 0.6) is 5.75 Å². The number of thiophene rings is 1. The smallest absolute Gasteiger partial charge is 0.341 e. The van der Waals surface area contributed by atoms with E-state index in [4.69, 9.17) is 9.47 Å². The molecule has 1 aromatic heterocycles. The molecule has 7 nitrogen and oxygen atoms in total. The molecule has 3 aromatic rings. The summed E-state index contributed by atoms with van der Waals surface area (Å²) in [5.74, 6) is -0.663. The molecule has 0 aliphatic carbocycles. The lowest BCUT2D eigenvalue weighted by molar-refractivity contribution is 0.0527. The monoisotopic (exact) mass is 466 g/mol. The molecule has 2 aromatic carbocycles. The van der Waals surface area contributed by atoms with Crippen LogP contribution in [0, 0.1) is 6.92 Å². The largest absolute Gasteiger partial charge is 0.497 e. The van der Waals surface area contributed by atoms with Crippen LogP contribution in [-0.2, 0) is 11.2 Å². The van der Waals surface area contributed by atoms with Gasteiger partial charge in [0.1, 0.15) is 10.8 Å². The molecule has 0 spiro atoms. The quantitative estimate of drug-likeness (QED) is 0.454. The van der Waals surface area contributed by atoms with Crippen molar-refractivity contribution in [3.8, 4) is 5.75 Å². The Labute approximate surface area is 196 Å². The zero-order valence-corrected chi connectivity index (χ0v) is 19.6. The first-order valence-electron chi connectivity index (χ1n) is 10.5. The number of anilines is 1. The minimum absolute atomic E-state index is 0.179. The first kappa shape index (κ1) is 24.0. The van der Waals surface area contributed by atoms with E-state index in [1.807, 2.05) is 30.3 Å². The maximum absolute atomic E-state index is 12.8. The van der Waals surface area contributed by atoms with Crippen molar-refractivity contribution in [3.05, 3.63) is 81.7 Å². The highest BCUT2D eigenvalue weighted by atomic mass is 32.1. The molecule has 3 rings (SSSR count). The molecule has 2 N–H and O–H groups in total. The standard InChI is InChI=1S/C25H26N2O5S/c1-4-32-25(30)20-16(2)21(23(29)26-15-14-17-8-6-5-7-9-17)33-24(20)27-22(28)18-10-12-19(31-3)13-11-18/h5-13H,4,14-15H2,1-3H3,(H,26,29)(H,27,28). The third-order valence-corrected chi connectivity index (χ3v) is 6.16. The van der Waals surface area contributed by atoms with E-state index < -0.39 is 11.9 Å². The van der Waals surface area contributed by atoms with Gasteiger partial charge in [-0.3, -0.25) is 9.59 Å². The van der Waals surface area contributed by atoms with Crippen LogP contribution in [0.3, 0.4) is 0 Å². The molecule has 0 saturated heterocycles. The van der Waals surface area contributed by atoms with Crippen LogP contribution >= 0.6 is 11.3 Å². The van der Waals surface area contributed by atoms with Crippen LogP contribution < -0.4 is 15.4 Å². The number of rotatable bonds is 9. The van der Waals surface area contributed by atoms with Gasteiger partial charge in [0.2, 0.25) is 0 Å². The van der Waals surface area contributed by atoms with Crippen LogP contribution in [0.2, 0.25) is 0 Å². The third kappa shape index (κ3) is 5.98. The van der Waals surface area contributed by atoms with Crippen molar-refractivity contribution >= 4 is 34.1 Å². The minimum atomic E-state index is -0.584. The summed E-state index contributed by atoms with van der Waals surface area (Å²) in [6.07, 6.45) is 0.683. The Kier molecular flexibility index (Phi) is 8.21. The molecule has 0 aliphatic rings. The number of nitrogens with one attached hydrogen (secondary N) is 2. The highest BCUT2D eigenvalue weighted by Crippen LogP contribution is 2.34. The predicted molar refractivity (Wildman–Crippen MR) is 128 cm³/mol. The Bertz CT molecular complexity index is 1120. The molecule has 0 saturated carbocycles. The molecule has 8 heteroatoms. The minimum Gasteiger partial charge on any atom is -0.497 e. The Morgan fingerprint density at radius 1 is 0.970 bits per heavy atom. The summed E-state index contributed by atoms with van der Waals surface area (Å²) in [6.45, 7) is 4.01. The summed E-state index contributed by atoms with van der Waals surface area (Å²) >= 11 is 1.06. The summed E-state index contributed by atoms with van der Waals surface area (Å²) in [7, 11) is 1.54. The molecule has 0 radical (unpaired) electrons. The highest BCUT2D eigenvalue weighted by molar-refractivity contribution is 7.18. The summed E-state index contributed by atoms with van der Waals surface area (Å²) in [4.78, 5) is 38.6. The van der Waals surface area contributed by atoms with Crippen molar-refractivity contribution in [2.45, 2.75) is 20.3 Å². The SMILES string of the molecule is CCOC(=O)c1c(NC(=O)c2ccc(OC)cc2)sc(C(=O)NCCc2ccccc2)c1C. The van der Waals surface area contributed by atoms with Crippen molar-refractivity contribution in [2.75, 3.05) is 25.6 Å². The Morgan fingerprint density at radius 2 is 1.67 bits per heavy atom. The van der Waals surface area contributed by atoms with Gasteiger partial charge in [0.05, 0.1) is 24.2 Å². The van der Waals surface area contributed by atoms with Gasteiger partial charge in [-0.15, -0.1) is 11.3 Å². The van der Waals surface area contributed by atoms with Crippen molar-refractivity contribution in [2.24, 2.45) is 0 Å². The average Bonchev–Trinajstić information content (AvgIpc) is 3.15. The van der Waals surface area contributed by atoms with Crippen LogP contribution in [-0.4, -0.2) is 38.0 Å². The molecule has 0 bridgehead atoms. The zero-order valence-electron chi connectivity index (χ0n) is 18.8. The van der Waals surface area contributed by atoms with Gasteiger partial charge in [-0.2, -0.15) is 0 Å². The van der Waals surface area contributed by atoms with Gasteiger partial charge in [0, 0.05) is 12.1 Å². The number of amides is 2. The van der Waals surface area contributed by atoms with Gasteiger partial charge >= 0.3 is 5.97 Å². The second kappa shape index (κ2) is 11.3. The van der Waals surface area contributed by atoms with Crippen LogP contribution in [0.15, 0.2) is 54.6 Å². The number of benzene rings is 2. The van der Waals surface area contributed by atoms with E-state index in [2.05, 4.69) is 10.6 Å². The number of esters is 1. The van der Waals surface area contributed by atoms with Crippen molar-refractivity contribution < 1.29 is 23.9 Å². The van der Waals surface area contributed by atoms with E-state index in [9.17, 15) is 14.4 Å².